The lowest BCUT2D eigenvalue weighted by molar-refractivity contribution is -0.170. The van der Waals surface area contributed by atoms with Gasteiger partial charge in [0.2, 0.25) is 6.23 Å². The number of allylic oxidation sites excluding steroid dienone is 1. The number of ether oxygens (including phenoxy) is 3. The van der Waals surface area contributed by atoms with Gasteiger partial charge < -0.3 is 19.7 Å². The second kappa shape index (κ2) is 11.0. The predicted molar refractivity (Wildman–Crippen MR) is 127 cm³/mol. The molecule has 2 fully saturated rings. The van der Waals surface area contributed by atoms with Crippen LogP contribution in [-0.2, 0) is 41.8 Å². The summed E-state index contributed by atoms with van der Waals surface area (Å²) in [5.74, 6) is -2.29. The average molecular weight is 504 g/mol. The summed E-state index contributed by atoms with van der Waals surface area (Å²) in [6.07, 6.45) is -3.15. The molecule has 190 valence electrons. The van der Waals surface area contributed by atoms with Crippen LogP contribution in [0.5, 0.6) is 0 Å². The van der Waals surface area contributed by atoms with Crippen LogP contribution in [0.2, 0.25) is 0 Å². The Kier molecular flexibility index (Phi) is 7.57. The Morgan fingerprint density at radius 1 is 0.973 bits per heavy atom. The number of nitrogens with zero attached hydrogens (tertiary/aromatic N) is 4. The summed E-state index contributed by atoms with van der Waals surface area (Å²) in [6.45, 7) is 3.13. The molecule has 2 heterocycles. The molecule has 0 N–H and O–H groups in total. The first-order chi connectivity index (χ1) is 17.8. The maximum absolute atomic E-state index is 13.2. The van der Waals surface area contributed by atoms with Crippen molar-refractivity contribution in [3.05, 3.63) is 88.6 Å². The Morgan fingerprint density at radius 2 is 1.54 bits per heavy atom. The fourth-order valence-corrected chi connectivity index (χ4v) is 4.08. The summed E-state index contributed by atoms with van der Waals surface area (Å²) in [6, 6.07) is 16.6. The van der Waals surface area contributed by atoms with E-state index in [0.717, 1.165) is 15.4 Å². The van der Waals surface area contributed by atoms with Crippen molar-refractivity contribution in [3.63, 3.8) is 0 Å². The van der Waals surface area contributed by atoms with Gasteiger partial charge in [-0.2, -0.15) is 4.79 Å². The Bertz CT molecular complexity index is 1280. The van der Waals surface area contributed by atoms with Gasteiger partial charge in [0.1, 0.15) is 18.9 Å². The highest BCUT2D eigenvalue weighted by molar-refractivity contribution is 6.28. The van der Waals surface area contributed by atoms with Crippen molar-refractivity contribution in [1.29, 1.82) is 0 Å². The zero-order valence-corrected chi connectivity index (χ0v) is 20.1. The van der Waals surface area contributed by atoms with E-state index in [-0.39, 0.29) is 18.9 Å². The van der Waals surface area contributed by atoms with Gasteiger partial charge in [-0.3, -0.25) is 19.4 Å². The second-order valence-electron chi connectivity index (χ2n) is 8.54. The van der Waals surface area contributed by atoms with Crippen LogP contribution in [0, 0.1) is 0 Å². The predicted octanol–water partition coefficient (Wildman–Crippen LogP) is 2.43. The number of carbonyl (C=O) groups is 4. The lowest BCUT2D eigenvalue weighted by Crippen LogP contribution is -2.67. The monoisotopic (exact) mass is 504 g/mol. The van der Waals surface area contributed by atoms with Crippen molar-refractivity contribution >= 4 is 30.0 Å². The van der Waals surface area contributed by atoms with E-state index in [4.69, 9.17) is 19.7 Å². The number of rotatable bonds is 8. The SMILES string of the molecule is CC(C)=C(C(=O)OCc1ccccc1)N1C(=O)C2C1OC(C(=O)C=[N+]=[N-])N2C(=O)OCc1ccccc1. The maximum Gasteiger partial charge on any atom is 0.413 e. The summed E-state index contributed by atoms with van der Waals surface area (Å²) in [5, 5.41) is 0. The fourth-order valence-electron chi connectivity index (χ4n) is 4.08. The Balaban J connectivity index is 1.54. The van der Waals surface area contributed by atoms with Crippen LogP contribution in [0.25, 0.3) is 5.53 Å². The molecule has 2 amide bonds. The van der Waals surface area contributed by atoms with Gasteiger partial charge in [0, 0.05) is 0 Å². The van der Waals surface area contributed by atoms with E-state index in [0.29, 0.717) is 17.4 Å². The van der Waals surface area contributed by atoms with Crippen LogP contribution in [0.1, 0.15) is 25.0 Å². The lowest BCUT2D eigenvalue weighted by atomic mass is 10.0. The number of fused-ring (bicyclic) bond motifs is 1. The van der Waals surface area contributed by atoms with Gasteiger partial charge in [-0.1, -0.05) is 60.7 Å². The minimum atomic E-state index is -1.60. The van der Waals surface area contributed by atoms with Crippen molar-refractivity contribution in [2.24, 2.45) is 0 Å². The molecule has 2 aliphatic heterocycles. The molecule has 0 bridgehead atoms. The van der Waals surface area contributed by atoms with Crippen molar-refractivity contribution in [2.75, 3.05) is 0 Å². The third-order valence-electron chi connectivity index (χ3n) is 5.80. The molecular formula is C26H24N4O7. The number of β-lactam (4-membered cyclic amide) rings is 1. The van der Waals surface area contributed by atoms with E-state index in [1.165, 1.54) is 0 Å². The third kappa shape index (κ3) is 5.18. The summed E-state index contributed by atoms with van der Waals surface area (Å²) >= 11 is 0. The van der Waals surface area contributed by atoms with E-state index in [2.05, 4.69) is 4.79 Å². The van der Waals surface area contributed by atoms with Crippen LogP contribution >= 0.6 is 0 Å². The van der Waals surface area contributed by atoms with Gasteiger partial charge in [0.25, 0.3) is 11.7 Å². The molecule has 2 aliphatic rings. The van der Waals surface area contributed by atoms with Crippen LogP contribution in [0.3, 0.4) is 0 Å². The van der Waals surface area contributed by atoms with Crippen molar-refractivity contribution in [1.82, 2.24) is 9.80 Å². The highest BCUT2D eigenvalue weighted by atomic mass is 16.6. The van der Waals surface area contributed by atoms with Crippen molar-refractivity contribution < 1.29 is 38.2 Å². The molecule has 37 heavy (non-hydrogen) atoms. The molecule has 4 rings (SSSR count). The molecule has 0 spiro atoms. The van der Waals surface area contributed by atoms with Crippen molar-refractivity contribution in [3.8, 4) is 0 Å². The first-order valence-electron chi connectivity index (χ1n) is 11.4. The smallest absolute Gasteiger partial charge is 0.413 e. The fraction of sp³-hybridized carbons (Fsp3) is 0.269. The van der Waals surface area contributed by atoms with Crippen molar-refractivity contribution in [2.45, 2.75) is 45.6 Å². The molecule has 0 aromatic heterocycles. The van der Waals surface area contributed by atoms with Gasteiger partial charge in [-0.05, 0) is 30.5 Å². The zero-order valence-electron chi connectivity index (χ0n) is 20.1. The molecule has 11 nitrogen and oxygen atoms in total. The first-order valence-corrected chi connectivity index (χ1v) is 11.4. The average Bonchev–Trinajstić information content (AvgIpc) is 3.26. The molecule has 3 unspecified atom stereocenters. The van der Waals surface area contributed by atoms with E-state index >= 15 is 0 Å². The molecule has 11 heteroatoms. The quantitative estimate of drug-likeness (QED) is 0.134. The van der Waals surface area contributed by atoms with E-state index in [1.807, 2.05) is 6.07 Å². The summed E-state index contributed by atoms with van der Waals surface area (Å²) in [7, 11) is 0. The lowest BCUT2D eigenvalue weighted by Gasteiger charge is -2.43. The Hall–Kier alpha value is -4.60. The summed E-state index contributed by atoms with van der Waals surface area (Å²) in [4.78, 5) is 56.3. The first kappa shape index (κ1) is 25.5. The number of Topliss-reactive ketones (excluding diaryl/α,β-unsaturated/α-hetero) is 1. The van der Waals surface area contributed by atoms with Crippen LogP contribution in [0.4, 0.5) is 4.79 Å². The Labute approximate surface area is 212 Å². The number of hydrogen-bond donors (Lipinski definition) is 0. The second-order valence-corrected chi connectivity index (χ2v) is 8.54. The minimum absolute atomic E-state index is 0.0144. The summed E-state index contributed by atoms with van der Waals surface area (Å²) < 4.78 is 16.5. The number of hydrogen-bond acceptors (Lipinski definition) is 7. The number of likely N-dealkylation sites (tertiary alicyclic amines) is 1. The molecular weight excluding hydrogens is 480 g/mol. The van der Waals surface area contributed by atoms with Gasteiger partial charge >= 0.3 is 18.3 Å². The molecule has 2 aromatic carbocycles. The third-order valence-corrected chi connectivity index (χ3v) is 5.80. The molecule has 0 aliphatic carbocycles. The highest BCUT2D eigenvalue weighted by Gasteiger charge is 2.65. The number of benzene rings is 2. The maximum atomic E-state index is 13.2. The number of carbonyl (C=O) groups excluding carboxylic acids is 4. The van der Waals surface area contributed by atoms with Gasteiger partial charge in [-0.25, -0.2) is 9.59 Å². The van der Waals surface area contributed by atoms with Crippen LogP contribution < -0.4 is 0 Å². The van der Waals surface area contributed by atoms with Gasteiger partial charge in [0.15, 0.2) is 12.3 Å². The normalized spacial score (nSPS) is 19.7. The molecule has 0 radical (unpaired) electrons. The van der Waals surface area contributed by atoms with Crippen LogP contribution in [-0.4, -0.2) is 63.1 Å². The highest BCUT2D eigenvalue weighted by Crippen LogP contribution is 2.39. The van der Waals surface area contributed by atoms with E-state index in [1.54, 1.807) is 68.4 Å². The van der Waals surface area contributed by atoms with E-state index in [9.17, 15) is 19.2 Å². The zero-order chi connectivity index (χ0) is 26.5. The minimum Gasteiger partial charge on any atom is -0.456 e. The van der Waals surface area contributed by atoms with Gasteiger partial charge in [-0.15, -0.1) is 0 Å². The standard InChI is InChI=1S/C26H24N4O7/c1-16(2)20(25(33)35-14-17-9-5-3-6-10-17)29-22(32)21-24(29)37-23(19(31)13-28-27)30(21)26(34)36-15-18-11-7-4-8-12-18/h3-13,21,23-24H,14-15H2,1-2H3. The molecule has 0 saturated carbocycles. The Morgan fingerprint density at radius 3 is 2.08 bits per heavy atom. The topological polar surface area (TPSA) is 139 Å². The van der Waals surface area contributed by atoms with E-state index < -0.39 is 42.3 Å². The number of amides is 2. The van der Waals surface area contributed by atoms with Gasteiger partial charge in [0.05, 0.1) is 0 Å². The molecule has 2 aromatic rings. The summed E-state index contributed by atoms with van der Waals surface area (Å²) in [5.41, 5.74) is 10.7. The molecule has 2 saturated heterocycles. The molecule has 3 atom stereocenters. The number of esters is 1. The van der Waals surface area contributed by atoms with Crippen LogP contribution in [0.15, 0.2) is 71.9 Å². The number of ketones is 1. The largest absolute Gasteiger partial charge is 0.456 e.